The van der Waals surface area contributed by atoms with Crippen LogP contribution < -0.4 is 10.4 Å². The van der Waals surface area contributed by atoms with Gasteiger partial charge < -0.3 is 13.9 Å². The molecule has 0 saturated heterocycles. The van der Waals surface area contributed by atoms with Crippen LogP contribution in [-0.2, 0) is 9.53 Å². The van der Waals surface area contributed by atoms with Crippen molar-refractivity contribution in [2.45, 2.75) is 13.0 Å². The lowest BCUT2D eigenvalue weighted by Crippen LogP contribution is -2.21. The number of hydrogen-bond donors (Lipinski definition) is 0. The Morgan fingerprint density at radius 2 is 1.68 bits per heavy atom. The van der Waals surface area contributed by atoms with E-state index in [0.29, 0.717) is 22.1 Å². The summed E-state index contributed by atoms with van der Waals surface area (Å²) >= 11 is 6.52. The monoisotopic (exact) mass is 434 g/mol. The summed E-state index contributed by atoms with van der Waals surface area (Å²) in [6.07, 6.45) is -1.01. The van der Waals surface area contributed by atoms with E-state index in [1.165, 1.54) is 12.1 Å². The highest BCUT2D eigenvalue weighted by atomic mass is 35.5. The molecule has 1 atom stereocenters. The van der Waals surface area contributed by atoms with Crippen LogP contribution >= 0.6 is 11.6 Å². The molecule has 4 rings (SSSR count). The van der Waals surface area contributed by atoms with E-state index in [4.69, 9.17) is 25.5 Å². The molecule has 1 aromatic heterocycles. The predicted molar refractivity (Wildman–Crippen MR) is 119 cm³/mol. The molecule has 0 unspecified atom stereocenters. The molecule has 0 saturated carbocycles. The third kappa shape index (κ3) is 4.47. The summed E-state index contributed by atoms with van der Waals surface area (Å²) in [5, 5.41) is 0.944. The molecule has 0 bridgehead atoms. The minimum Gasteiger partial charge on any atom is -0.472 e. The van der Waals surface area contributed by atoms with Gasteiger partial charge in [-0.3, -0.25) is 0 Å². The van der Waals surface area contributed by atoms with E-state index in [-0.39, 0.29) is 17.4 Å². The molecule has 0 N–H and O–H groups in total. The van der Waals surface area contributed by atoms with Crippen LogP contribution in [0.2, 0.25) is 5.02 Å². The molecule has 1 heterocycles. The predicted octanol–water partition coefficient (Wildman–Crippen LogP) is 5.80. The van der Waals surface area contributed by atoms with E-state index in [1.807, 2.05) is 36.4 Å². The van der Waals surface area contributed by atoms with Crippen molar-refractivity contribution in [3.63, 3.8) is 0 Å². The second-order valence-corrected chi connectivity index (χ2v) is 7.19. The van der Waals surface area contributed by atoms with E-state index in [2.05, 4.69) is 0 Å². The summed E-state index contributed by atoms with van der Waals surface area (Å²) in [5.41, 5.74) is 1.99. The maximum atomic E-state index is 12.6. The van der Waals surface area contributed by atoms with Gasteiger partial charge in [-0.25, -0.2) is 9.59 Å². The number of carbonyl (C=O) groups is 1. The number of rotatable bonds is 6. The number of esters is 1. The standard InChI is InChI=1S/C25H19ClO5/c1-2-29-25(28)24(17-11-7-4-8-12-17)31-22-15-21-19(13-20(22)26)18(14-23(27)30-21)16-9-5-3-6-10-16/h3-15,24H,2H2,1H3/t24-/m1/s1. The average Bonchev–Trinajstić information content (AvgIpc) is 2.79. The van der Waals surface area contributed by atoms with Crippen molar-refractivity contribution < 1.29 is 18.7 Å². The van der Waals surface area contributed by atoms with Crippen LogP contribution in [0.5, 0.6) is 5.75 Å². The first-order valence-corrected chi connectivity index (χ1v) is 10.2. The lowest BCUT2D eigenvalue weighted by Gasteiger charge is -2.19. The van der Waals surface area contributed by atoms with Crippen molar-refractivity contribution in [2.75, 3.05) is 6.61 Å². The maximum Gasteiger partial charge on any atom is 0.352 e. The Labute approximate surface area is 183 Å². The Balaban J connectivity index is 1.80. The minimum absolute atomic E-state index is 0.212. The maximum absolute atomic E-state index is 12.6. The van der Waals surface area contributed by atoms with Gasteiger partial charge in [0.05, 0.1) is 11.6 Å². The second kappa shape index (κ2) is 9.06. The van der Waals surface area contributed by atoms with Gasteiger partial charge in [-0.2, -0.15) is 0 Å². The molecule has 3 aromatic carbocycles. The van der Waals surface area contributed by atoms with E-state index < -0.39 is 17.7 Å². The lowest BCUT2D eigenvalue weighted by atomic mass is 10.0. The third-order valence-electron chi connectivity index (χ3n) is 4.73. The molecular weight excluding hydrogens is 416 g/mol. The zero-order valence-corrected chi connectivity index (χ0v) is 17.5. The number of halogens is 1. The van der Waals surface area contributed by atoms with E-state index in [1.54, 1.807) is 37.3 Å². The highest BCUT2D eigenvalue weighted by Gasteiger charge is 2.25. The highest BCUT2D eigenvalue weighted by molar-refractivity contribution is 6.33. The molecule has 0 spiro atoms. The Bertz CT molecular complexity index is 1270. The van der Waals surface area contributed by atoms with Crippen LogP contribution in [0.1, 0.15) is 18.6 Å². The van der Waals surface area contributed by atoms with Crippen molar-refractivity contribution in [1.82, 2.24) is 0 Å². The topological polar surface area (TPSA) is 65.7 Å². The van der Waals surface area contributed by atoms with Gasteiger partial charge in [0.2, 0.25) is 6.10 Å². The van der Waals surface area contributed by atoms with Crippen LogP contribution in [0.4, 0.5) is 0 Å². The fraction of sp³-hybridized carbons (Fsp3) is 0.120. The Hall–Kier alpha value is -3.57. The molecule has 4 aromatic rings. The van der Waals surface area contributed by atoms with Crippen molar-refractivity contribution in [1.29, 1.82) is 0 Å². The summed E-state index contributed by atoms with van der Waals surface area (Å²) in [4.78, 5) is 24.7. The number of ether oxygens (including phenoxy) is 2. The van der Waals surface area contributed by atoms with Crippen LogP contribution in [0.15, 0.2) is 88.1 Å². The van der Waals surface area contributed by atoms with Crippen LogP contribution in [0, 0.1) is 0 Å². The summed E-state index contributed by atoms with van der Waals surface area (Å²) in [5.74, 6) is -0.325. The van der Waals surface area contributed by atoms with Gasteiger partial charge >= 0.3 is 11.6 Å². The number of hydrogen-bond acceptors (Lipinski definition) is 5. The van der Waals surface area contributed by atoms with E-state index in [0.717, 1.165) is 5.56 Å². The van der Waals surface area contributed by atoms with Crippen LogP contribution in [-0.4, -0.2) is 12.6 Å². The smallest absolute Gasteiger partial charge is 0.352 e. The molecule has 0 amide bonds. The fourth-order valence-electron chi connectivity index (χ4n) is 3.33. The molecule has 5 nitrogen and oxygen atoms in total. The number of fused-ring (bicyclic) bond motifs is 1. The first kappa shape index (κ1) is 20.7. The van der Waals surface area contributed by atoms with Gasteiger partial charge in [0.15, 0.2) is 0 Å². The van der Waals surface area contributed by atoms with Gasteiger partial charge in [0, 0.05) is 23.1 Å². The molecule has 0 aliphatic heterocycles. The zero-order valence-electron chi connectivity index (χ0n) is 16.7. The molecule has 0 aliphatic carbocycles. The van der Waals surface area contributed by atoms with Crippen molar-refractivity contribution in [3.8, 4) is 16.9 Å². The van der Waals surface area contributed by atoms with Crippen molar-refractivity contribution in [3.05, 3.63) is 99.9 Å². The average molecular weight is 435 g/mol. The van der Waals surface area contributed by atoms with Gasteiger partial charge in [-0.15, -0.1) is 0 Å². The zero-order chi connectivity index (χ0) is 21.8. The summed E-state index contributed by atoms with van der Waals surface area (Å²) < 4.78 is 16.5. The quantitative estimate of drug-likeness (QED) is 0.283. The molecular formula is C25H19ClO5. The molecule has 0 radical (unpaired) electrons. The lowest BCUT2D eigenvalue weighted by molar-refractivity contribution is -0.151. The first-order chi connectivity index (χ1) is 15.1. The van der Waals surface area contributed by atoms with Gasteiger partial charge in [-0.05, 0) is 24.1 Å². The van der Waals surface area contributed by atoms with Gasteiger partial charge in [-0.1, -0.05) is 72.3 Å². The summed E-state index contributed by atoms with van der Waals surface area (Å²) in [6, 6.07) is 23.1. The normalized spacial score (nSPS) is 11.8. The Morgan fingerprint density at radius 3 is 2.35 bits per heavy atom. The van der Waals surface area contributed by atoms with Crippen LogP contribution in [0.3, 0.4) is 0 Å². The van der Waals surface area contributed by atoms with Crippen LogP contribution in [0.25, 0.3) is 22.1 Å². The summed E-state index contributed by atoms with van der Waals surface area (Å²) in [7, 11) is 0. The first-order valence-electron chi connectivity index (χ1n) is 9.78. The Morgan fingerprint density at radius 1 is 1.00 bits per heavy atom. The second-order valence-electron chi connectivity index (χ2n) is 6.78. The van der Waals surface area contributed by atoms with Gasteiger partial charge in [0.25, 0.3) is 0 Å². The van der Waals surface area contributed by atoms with E-state index in [9.17, 15) is 9.59 Å². The molecule has 0 fully saturated rings. The molecule has 31 heavy (non-hydrogen) atoms. The fourth-order valence-corrected chi connectivity index (χ4v) is 3.54. The molecule has 156 valence electrons. The van der Waals surface area contributed by atoms with E-state index >= 15 is 0 Å². The Kier molecular flexibility index (Phi) is 6.05. The number of benzene rings is 3. The van der Waals surface area contributed by atoms with Gasteiger partial charge in [0.1, 0.15) is 11.3 Å². The largest absolute Gasteiger partial charge is 0.472 e. The van der Waals surface area contributed by atoms with Crippen molar-refractivity contribution in [2.24, 2.45) is 0 Å². The molecule has 6 heteroatoms. The number of carbonyl (C=O) groups excluding carboxylic acids is 1. The summed E-state index contributed by atoms with van der Waals surface area (Å²) in [6.45, 7) is 1.94. The van der Waals surface area contributed by atoms with Crippen molar-refractivity contribution >= 4 is 28.5 Å². The minimum atomic E-state index is -1.01. The molecule has 0 aliphatic rings. The SMILES string of the molecule is CCOC(=O)[C@H](Oc1cc2oc(=O)cc(-c3ccccc3)c2cc1Cl)c1ccccc1. The highest BCUT2D eigenvalue weighted by Crippen LogP contribution is 2.37. The third-order valence-corrected chi connectivity index (χ3v) is 5.02.